The van der Waals surface area contributed by atoms with Gasteiger partial charge >= 0.3 is 59.1 Å². The van der Waals surface area contributed by atoms with E-state index >= 15 is 0 Å². The summed E-state index contributed by atoms with van der Waals surface area (Å²) in [6.07, 6.45) is 0. The van der Waals surface area contributed by atoms with Gasteiger partial charge in [0.1, 0.15) is 21.6 Å². The summed E-state index contributed by atoms with van der Waals surface area (Å²) in [6.45, 7) is -0.876. The number of azo groups is 1. The minimum Gasteiger partial charge on any atom is -0.744 e. The Hall–Kier alpha value is -2.46. The first kappa shape index (κ1) is 38.7. The van der Waals surface area contributed by atoms with Crippen LogP contribution in [-0.2, 0) is 34.5 Å². The second kappa shape index (κ2) is 15.4. The van der Waals surface area contributed by atoms with Gasteiger partial charge in [0.25, 0.3) is 5.91 Å². The maximum absolute atomic E-state index is 12.9. The van der Waals surface area contributed by atoms with E-state index in [1.54, 1.807) is 0 Å². The van der Waals surface area contributed by atoms with Crippen molar-refractivity contribution in [2.45, 2.75) is 9.79 Å². The Balaban J connectivity index is 0.00000353. The first-order valence-corrected chi connectivity index (χ1v) is 16.2. The van der Waals surface area contributed by atoms with Crippen molar-refractivity contribution < 1.29 is 108 Å². The molecule has 4 aromatic carbocycles. The molecule has 226 valence electrons. The predicted molar refractivity (Wildman–Crippen MR) is 151 cm³/mol. The number of rotatable bonds is 10. The number of anilines is 2. The van der Waals surface area contributed by atoms with Crippen LogP contribution in [0, 0.1) is 0 Å². The molecule has 0 unspecified atom stereocenters. The van der Waals surface area contributed by atoms with Gasteiger partial charge in [0.15, 0.2) is 9.84 Å². The zero-order chi connectivity index (χ0) is 31.6. The van der Waals surface area contributed by atoms with E-state index < -0.39 is 59.3 Å². The SMILES string of the molecule is Nc1ccc2cc(S(=O)(=O)[O-])cc(O)c2c1N=Nc1cccc(C(=O)Nc2cccc(S(=O)(=O)CCOS(=O)(=O)[O-])c2)c1.[Na+].[Na+]. The monoisotopic (exact) mass is 694 g/mol. The fourth-order valence-electron chi connectivity index (χ4n) is 3.82. The molecule has 0 aliphatic rings. The second-order valence-electron chi connectivity index (χ2n) is 8.78. The number of fused-ring (bicyclic) bond motifs is 1. The molecule has 4 aromatic rings. The number of nitrogens with two attached hydrogens (primary N) is 1. The number of amides is 1. The molecule has 0 saturated heterocycles. The maximum Gasteiger partial charge on any atom is 1.00 e. The molecule has 4 N–H and O–H groups in total. The molecule has 0 aliphatic carbocycles. The number of phenols is 1. The molecule has 0 aromatic heterocycles. The topological polar surface area (TPSA) is 258 Å². The normalized spacial score (nSPS) is 12.0. The smallest absolute Gasteiger partial charge is 0.744 e. The Morgan fingerprint density at radius 1 is 0.867 bits per heavy atom. The van der Waals surface area contributed by atoms with Crippen molar-refractivity contribution in [2.24, 2.45) is 10.2 Å². The van der Waals surface area contributed by atoms with Crippen LogP contribution in [0.15, 0.2) is 92.8 Å². The standard InChI is InChI=1S/C25H22N4O11S3.2Na/c26-21-8-7-15-12-20(42(34,35)36)14-22(30)23(15)24(21)29-28-18-5-1-3-16(11-18)25(31)27-17-4-2-6-19(13-17)41(32,33)10-9-40-43(37,38)39;;/h1-8,11-14,30H,9-10,26H2,(H,27,31)(H,34,35,36)(H,37,38,39);;/q;2*+1/p-2. The van der Waals surface area contributed by atoms with Crippen molar-refractivity contribution in [3.8, 4) is 5.75 Å². The average Bonchev–Trinajstić information content (AvgIpc) is 2.91. The van der Waals surface area contributed by atoms with Crippen molar-refractivity contribution >= 4 is 69.8 Å². The summed E-state index contributed by atoms with van der Waals surface area (Å²) in [5, 5.41) is 21.3. The number of hydrogen-bond donors (Lipinski definition) is 3. The Kier molecular flexibility index (Phi) is 13.3. The van der Waals surface area contributed by atoms with E-state index in [1.165, 1.54) is 54.6 Å². The molecule has 0 aliphatic heterocycles. The van der Waals surface area contributed by atoms with E-state index in [0.29, 0.717) is 0 Å². The van der Waals surface area contributed by atoms with Crippen LogP contribution in [-0.4, -0.2) is 57.7 Å². The van der Waals surface area contributed by atoms with Crippen LogP contribution in [0.2, 0.25) is 0 Å². The summed E-state index contributed by atoms with van der Waals surface area (Å²) < 4.78 is 94.7. The maximum atomic E-state index is 12.9. The van der Waals surface area contributed by atoms with Crippen molar-refractivity contribution in [3.05, 3.63) is 78.4 Å². The summed E-state index contributed by atoms with van der Waals surface area (Å²) in [5.41, 5.74) is 6.42. The van der Waals surface area contributed by atoms with Gasteiger partial charge in [-0.25, -0.2) is 25.3 Å². The summed E-state index contributed by atoms with van der Waals surface area (Å²) in [6, 6.07) is 15.5. The first-order chi connectivity index (χ1) is 20.0. The van der Waals surface area contributed by atoms with E-state index in [0.717, 1.165) is 18.2 Å². The molecule has 20 heteroatoms. The second-order valence-corrected chi connectivity index (χ2v) is 13.3. The van der Waals surface area contributed by atoms with Crippen LogP contribution in [0.1, 0.15) is 10.4 Å². The number of carbonyl (C=O) groups excluding carboxylic acids is 1. The minimum atomic E-state index is -5.06. The van der Waals surface area contributed by atoms with Gasteiger partial charge in [0, 0.05) is 11.3 Å². The molecule has 45 heavy (non-hydrogen) atoms. The summed E-state index contributed by atoms with van der Waals surface area (Å²) in [4.78, 5) is 12.0. The van der Waals surface area contributed by atoms with E-state index in [9.17, 15) is 44.3 Å². The van der Waals surface area contributed by atoms with Gasteiger partial charge in [-0.2, -0.15) is 5.11 Å². The molecule has 0 saturated carbocycles. The zero-order valence-corrected chi connectivity index (χ0v) is 30.0. The van der Waals surface area contributed by atoms with Gasteiger partial charge in [-0.15, -0.1) is 5.11 Å². The Morgan fingerprint density at radius 2 is 1.56 bits per heavy atom. The van der Waals surface area contributed by atoms with Gasteiger partial charge in [-0.05, 0) is 60.0 Å². The van der Waals surface area contributed by atoms with Gasteiger partial charge in [-0.1, -0.05) is 18.2 Å². The number of benzene rings is 4. The molecule has 0 fully saturated rings. The zero-order valence-electron chi connectivity index (χ0n) is 23.6. The Morgan fingerprint density at radius 3 is 2.22 bits per heavy atom. The molecule has 0 atom stereocenters. The van der Waals surface area contributed by atoms with E-state index in [2.05, 4.69) is 19.7 Å². The van der Waals surface area contributed by atoms with E-state index in [4.69, 9.17) is 5.73 Å². The van der Waals surface area contributed by atoms with Crippen molar-refractivity contribution in [1.82, 2.24) is 0 Å². The number of nitrogens with zero attached hydrogens (tertiary/aromatic N) is 2. The molecule has 1 amide bonds. The summed E-state index contributed by atoms with van der Waals surface area (Å²) in [7, 11) is -14.0. The largest absolute Gasteiger partial charge is 1.00 e. The number of hydrogen-bond acceptors (Lipinski definition) is 14. The minimum absolute atomic E-state index is 0. The average molecular weight is 695 g/mol. The quantitative estimate of drug-likeness (QED) is 0.0492. The fraction of sp³-hybridized carbons (Fsp3) is 0.0800. The molecule has 0 heterocycles. The number of nitrogens with one attached hydrogen (secondary N) is 1. The number of carbonyl (C=O) groups is 1. The summed E-state index contributed by atoms with van der Waals surface area (Å²) in [5.74, 6) is -2.01. The van der Waals surface area contributed by atoms with Crippen molar-refractivity contribution in [2.75, 3.05) is 23.4 Å². The molecule has 4 rings (SSSR count). The van der Waals surface area contributed by atoms with Gasteiger partial charge < -0.3 is 25.3 Å². The molecular formula is C25H20N4Na2O11S3. The van der Waals surface area contributed by atoms with Gasteiger partial charge in [-0.3, -0.25) is 8.98 Å². The van der Waals surface area contributed by atoms with Gasteiger partial charge in [0.05, 0.1) is 38.9 Å². The van der Waals surface area contributed by atoms with Gasteiger partial charge in [0.2, 0.25) is 10.4 Å². The molecular weight excluding hydrogens is 674 g/mol. The number of aromatic hydroxyl groups is 1. The summed E-state index contributed by atoms with van der Waals surface area (Å²) >= 11 is 0. The third-order valence-corrected chi connectivity index (χ3v) is 8.71. The number of nitrogen functional groups attached to an aromatic ring is 1. The van der Waals surface area contributed by atoms with Crippen LogP contribution in [0.3, 0.4) is 0 Å². The van der Waals surface area contributed by atoms with Crippen LogP contribution in [0.5, 0.6) is 5.75 Å². The third-order valence-electron chi connectivity index (χ3n) is 5.77. The fourth-order valence-corrected chi connectivity index (χ4v) is 5.87. The van der Waals surface area contributed by atoms with Crippen LogP contribution in [0.25, 0.3) is 10.8 Å². The third kappa shape index (κ3) is 10.3. The molecule has 0 spiro atoms. The van der Waals surface area contributed by atoms with E-state index in [1.807, 2.05) is 0 Å². The van der Waals surface area contributed by atoms with Crippen molar-refractivity contribution in [1.29, 1.82) is 0 Å². The number of sulfone groups is 1. The Labute approximate surface area is 302 Å². The molecule has 15 nitrogen and oxygen atoms in total. The molecule has 0 bridgehead atoms. The van der Waals surface area contributed by atoms with Crippen LogP contribution >= 0.6 is 0 Å². The Bertz CT molecular complexity index is 2110. The van der Waals surface area contributed by atoms with Crippen molar-refractivity contribution in [3.63, 3.8) is 0 Å². The predicted octanol–water partition coefficient (Wildman–Crippen LogP) is -3.04. The first-order valence-electron chi connectivity index (χ1n) is 11.8. The molecule has 0 radical (unpaired) electrons. The van der Waals surface area contributed by atoms with E-state index in [-0.39, 0.29) is 103 Å². The van der Waals surface area contributed by atoms with Crippen LogP contribution in [0.4, 0.5) is 22.7 Å². The number of phenolic OH excluding ortho intramolecular Hbond substituents is 1. The van der Waals surface area contributed by atoms with Crippen LogP contribution < -0.4 is 70.2 Å².